The first-order valence-electron chi connectivity index (χ1n) is 33.2. The number of hydrogen-bond donors (Lipinski definition) is 0. The molecule has 0 rings (SSSR count). The summed E-state index contributed by atoms with van der Waals surface area (Å²) >= 11 is 0. The Labute approximate surface area is 483 Å². The number of esters is 3. The van der Waals surface area contributed by atoms with Crippen molar-refractivity contribution in [2.75, 3.05) is 13.2 Å². The van der Waals surface area contributed by atoms with Gasteiger partial charge in [0.15, 0.2) is 6.10 Å². The lowest BCUT2D eigenvalue weighted by atomic mass is 10.0. The highest BCUT2D eigenvalue weighted by molar-refractivity contribution is 5.71. The summed E-state index contributed by atoms with van der Waals surface area (Å²) in [6.45, 7) is 6.46. The highest BCUT2D eigenvalue weighted by Crippen LogP contribution is 2.17. The number of allylic oxidation sites excluding steroid dienone is 16. The molecule has 6 heteroatoms. The van der Waals surface area contributed by atoms with Crippen LogP contribution in [0.15, 0.2) is 97.2 Å². The monoisotopic (exact) mass is 1080 g/mol. The minimum atomic E-state index is -0.786. The molecule has 0 spiro atoms. The van der Waals surface area contributed by atoms with Gasteiger partial charge < -0.3 is 14.2 Å². The van der Waals surface area contributed by atoms with E-state index in [1.54, 1.807) is 0 Å². The normalized spacial score (nSPS) is 12.7. The van der Waals surface area contributed by atoms with Gasteiger partial charge in [-0.3, -0.25) is 14.4 Å². The van der Waals surface area contributed by atoms with Gasteiger partial charge in [0.05, 0.1) is 0 Å². The van der Waals surface area contributed by atoms with Crippen LogP contribution in [0.2, 0.25) is 0 Å². The molecule has 0 aliphatic carbocycles. The number of carbonyl (C=O) groups is 3. The smallest absolute Gasteiger partial charge is 0.306 e. The van der Waals surface area contributed by atoms with Crippen molar-refractivity contribution in [2.24, 2.45) is 0 Å². The fourth-order valence-corrected chi connectivity index (χ4v) is 9.33. The molecule has 0 heterocycles. The highest BCUT2D eigenvalue weighted by Gasteiger charge is 2.19. The van der Waals surface area contributed by atoms with E-state index in [0.29, 0.717) is 19.3 Å². The maximum Gasteiger partial charge on any atom is 0.306 e. The van der Waals surface area contributed by atoms with Crippen molar-refractivity contribution in [3.8, 4) is 0 Å². The molecule has 78 heavy (non-hydrogen) atoms. The molecule has 0 amide bonds. The molecule has 0 aliphatic rings. The average Bonchev–Trinajstić information content (AvgIpc) is 3.44. The molecule has 0 N–H and O–H groups in total. The van der Waals surface area contributed by atoms with Crippen LogP contribution in [0.25, 0.3) is 0 Å². The standard InChI is InChI=1S/C72H124O6/c1-4-7-10-13-16-19-22-25-27-28-29-30-31-32-33-34-35-36-37-38-39-40-41-42-43-44-45-48-50-53-56-59-62-65-71(74)77-68-69(67-76-70(73)64-61-58-55-52-49-46-24-21-18-15-12-9-6-3)78-72(75)66-63-60-57-54-51-47-26-23-20-17-14-11-8-5-2/h7,10,12,15-16,19,21,23-27,29-30,32-33,69H,4-6,8-9,11,13-14,17-18,20,22,28,31,34-68H2,1-3H3/b10-7-,15-12-,19-16-,24-21-,26-23-,27-25-,30-29-,33-32-. The lowest BCUT2D eigenvalue weighted by Crippen LogP contribution is -2.30. The first-order valence-corrected chi connectivity index (χ1v) is 33.2. The summed E-state index contributed by atoms with van der Waals surface area (Å²) in [5.74, 6) is -0.894. The molecule has 448 valence electrons. The van der Waals surface area contributed by atoms with Crippen LogP contribution in [0, 0.1) is 0 Å². The van der Waals surface area contributed by atoms with Crippen LogP contribution in [-0.2, 0) is 28.6 Å². The zero-order valence-electron chi connectivity index (χ0n) is 51.4. The van der Waals surface area contributed by atoms with Gasteiger partial charge in [0.1, 0.15) is 13.2 Å². The lowest BCUT2D eigenvalue weighted by molar-refractivity contribution is -0.167. The fraction of sp³-hybridized carbons (Fsp3) is 0.736. The van der Waals surface area contributed by atoms with Gasteiger partial charge in [-0.05, 0) is 116 Å². The van der Waals surface area contributed by atoms with Gasteiger partial charge in [-0.2, -0.15) is 0 Å². The van der Waals surface area contributed by atoms with Crippen molar-refractivity contribution >= 4 is 17.9 Å². The van der Waals surface area contributed by atoms with Crippen molar-refractivity contribution in [2.45, 2.75) is 329 Å². The Balaban J connectivity index is 4.14. The molecule has 0 aromatic heterocycles. The molecule has 1 atom stereocenters. The van der Waals surface area contributed by atoms with Crippen molar-refractivity contribution in [1.29, 1.82) is 0 Å². The van der Waals surface area contributed by atoms with Gasteiger partial charge in [-0.1, -0.05) is 285 Å². The molecule has 0 saturated heterocycles. The Bertz CT molecular complexity index is 1530. The second kappa shape index (κ2) is 65.8. The van der Waals surface area contributed by atoms with Gasteiger partial charge in [0, 0.05) is 19.3 Å². The molecule has 0 aromatic carbocycles. The Morgan fingerprint density at radius 1 is 0.269 bits per heavy atom. The maximum absolute atomic E-state index is 12.9. The maximum atomic E-state index is 12.9. The van der Waals surface area contributed by atoms with E-state index < -0.39 is 6.10 Å². The molecule has 0 fully saturated rings. The van der Waals surface area contributed by atoms with Gasteiger partial charge >= 0.3 is 17.9 Å². The van der Waals surface area contributed by atoms with E-state index in [2.05, 4.69) is 118 Å². The van der Waals surface area contributed by atoms with Crippen LogP contribution in [-0.4, -0.2) is 37.2 Å². The second-order valence-corrected chi connectivity index (χ2v) is 22.0. The first kappa shape index (κ1) is 74.3. The summed E-state index contributed by atoms with van der Waals surface area (Å²) in [5.41, 5.74) is 0. The van der Waals surface area contributed by atoms with Gasteiger partial charge in [0.25, 0.3) is 0 Å². The Hall–Kier alpha value is -3.67. The van der Waals surface area contributed by atoms with Crippen molar-refractivity contribution in [1.82, 2.24) is 0 Å². The summed E-state index contributed by atoms with van der Waals surface area (Å²) in [5, 5.41) is 0. The summed E-state index contributed by atoms with van der Waals surface area (Å²) in [6.07, 6.45) is 88.6. The molecule has 0 saturated carbocycles. The molecular formula is C72H124O6. The molecule has 1 unspecified atom stereocenters. The van der Waals surface area contributed by atoms with E-state index in [-0.39, 0.29) is 31.1 Å². The topological polar surface area (TPSA) is 78.9 Å². The summed E-state index contributed by atoms with van der Waals surface area (Å²) < 4.78 is 16.9. The highest BCUT2D eigenvalue weighted by atomic mass is 16.6. The minimum absolute atomic E-state index is 0.0823. The molecular weight excluding hydrogens is 961 g/mol. The van der Waals surface area contributed by atoms with Crippen LogP contribution >= 0.6 is 0 Å². The molecule has 0 aliphatic heterocycles. The summed E-state index contributed by atoms with van der Waals surface area (Å²) in [6, 6.07) is 0. The van der Waals surface area contributed by atoms with E-state index in [9.17, 15) is 14.4 Å². The van der Waals surface area contributed by atoms with E-state index in [0.717, 1.165) is 128 Å². The number of unbranched alkanes of at least 4 members (excludes halogenated alkanes) is 33. The summed E-state index contributed by atoms with van der Waals surface area (Å²) in [7, 11) is 0. The predicted molar refractivity (Wildman–Crippen MR) is 339 cm³/mol. The van der Waals surface area contributed by atoms with Crippen LogP contribution in [0.1, 0.15) is 323 Å². The first-order chi connectivity index (χ1) is 38.5. The zero-order valence-corrected chi connectivity index (χ0v) is 51.4. The molecule has 0 radical (unpaired) electrons. The van der Waals surface area contributed by atoms with E-state index >= 15 is 0 Å². The zero-order chi connectivity index (χ0) is 56.4. The largest absolute Gasteiger partial charge is 0.462 e. The van der Waals surface area contributed by atoms with Crippen LogP contribution in [0.4, 0.5) is 0 Å². The third-order valence-corrected chi connectivity index (χ3v) is 14.3. The minimum Gasteiger partial charge on any atom is -0.462 e. The third kappa shape index (κ3) is 63.2. The molecule has 0 bridgehead atoms. The van der Waals surface area contributed by atoms with Crippen molar-refractivity contribution in [3.63, 3.8) is 0 Å². The van der Waals surface area contributed by atoms with Crippen LogP contribution < -0.4 is 0 Å². The predicted octanol–water partition coefficient (Wildman–Crippen LogP) is 22.8. The Morgan fingerprint density at radius 2 is 0.526 bits per heavy atom. The lowest BCUT2D eigenvalue weighted by Gasteiger charge is -2.18. The Kier molecular flexibility index (Phi) is 62.7. The number of hydrogen-bond acceptors (Lipinski definition) is 6. The molecule has 0 aromatic rings. The van der Waals surface area contributed by atoms with Gasteiger partial charge in [-0.15, -0.1) is 0 Å². The molecule has 6 nitrogen and oxygen atoms in total. The van der Waals surface area contributed by atoms with E-state index in [1.807, 2.05) is 0 Å². The van der Waals surface area contributed by atoms with Crippen LogP contribution in [0.5, 0.6) is 0 Å². The third-order valence-electron chi connectivity index (χ3n) is 14.3. The van der Waals surface area contributed by atoms with Crippen molar-refractivity contribution in [3.05, 3.63) is 97.2 Å². The number of ether oxygens (including phenoxy) is 3. The number of rotatable bonds is 60. The fourth-order valence-electron chi connectivity index (χ4n) is 9.33. The van der Waals surface area contributed by atoms with E-state index in [1.165, 1.54) is 154 Å². The SMILES string of the molecule is CC/C=C\C/C=C\C/C=C\C/C=C\C/C=C\CCCCCCCCCCCCCCCCCCCC(=O)OCC(COC(=O)CCCCCCC/C=C\C/C=C\CCC)OC(=O)CCCCCCC/C=C\CCCCCCC. The second-order valence-electron chi connectivity index (χ2n) is 22.0. The van der Waals surface area contributed by atoms with Crippen molar-refractivity contribution < 1.29 is 28.6 Å². The van der Waals surface area contributed by atoms with E-state index in [4.69, 9.17) is 14.2 Å². The Morgan fingerprint density at radius 3 is 0.846 bits per heavy atom. The van der Waals surface area contributed by atoms with Crippen LogP contribution in [0.3, 0.4) is 0 Å². The van der Waals surface area contributed by atoms with Gasteiger partial charge in [0.2, 0.25) is 0 Å². The quantitative estimate of drug-likeness (QED) is 0.0261. The summed E-state index contributed by atoms with van der Waals surface area (Å²) in [4.78, 5) is 38.2. The average molecular weight is 1090 g/mol. The van der Waals surface area contributed by atoms with Gasteiger partial charge in [-0.25, -0.2) is 0 Å². The number of carbonyl (C=O) groups excluding carboxylic acids is 3.